The molecule has 0 saturated carbocycles. The number of rotatable bonds is 8. The Hall–Kier alpha value is -0.220. The summed E-state index contributed by atoms with van der Waals surface area (Å²) in [7, 11) is 0. The van der Waals surface area contributed by atoms with Gasteiger partial charge in [-0.3, -0.25) is 0 Å². The van der Waals surface area contributed by atoms with Crippen LogP contribution in [0.2, 0.25) is 5.02 Å². The molecule has 17 heavy (non-hydrogen) atoms. The highest BCUT2D eigenvalue weighted by Gasteiger charge is 2.05. The molecule has 0 aliphatic carbocycles. The highest BCUT2D eigenvalue weighted by molar-refractivity contribution is 7.99. The average molecular weight is 274 g/mol. The summed E-state index contributed by atoms with van der Waals surface area (Å²) in [5.41, 5.74) is 0. The maximum Gasteiger partial charge on any atom is 0.0584 e. The van der Waals surface area contributed by atoms with Gasteiger partial charge < -0.3 is 10.4 Å². The van der Waals surface area contributed by atoms with Crippen LogP contribution in [0.15, 0.2) is 29.2 Å². The van der Waals surface area contributed by atoms with Crippen LogP contribution in [0.5, 0.6) is 0 Å². The molecular weight excluding hydrogens is 254 g/mol. The Morgan fingerprint density at radius 1 is 1.47 bits per heavy atom. The van der Waals surface area contributed by atoms with Crippen LogP contribution in [0.3, 0.4) is 0 Å². The van der Waals surface area contributed by atoms with Crippen molar-refractivity contribution in [2.45, 2.75) is 30.7 Å². The molecule has 0 amide bonds. The van der Waals surface area contributed by atoms with Crippen molar-refractivity contribution >= 4 is 23.4 Å². The van der Waals surface area contributed by atoms with Gasteiger partial charge in [-0.15, -0.1) is 11.8 Å². The van der Waals surface area contributed by atoms with E-state index < -0.39 is 0 Å². The van der Waals surface area contributed by atoms with Gasteiger partial charge in [0.1, 0.15) is 0 Å². The van der Waals surface area contributed by atoms with Crippen LogP contribution in [-0.2, 0) is 0 Å². The molecule has 0 fully saturated rings. The van der Waals surface area contributed by atoms with Crippen LogP contribution < -0.4 is 5.32 Å². The summed E-state index contributed by atoms with van der Waals surface area (Å²) in [6, 6.07) is 8.08. The molecule has 0 spiro atoms. The van der Waals surface area contributed by atoms with E-state index >= 15 is 0 Å². The zero-order valence-corrected chi connectivity index (χ0v) is 11.7. The van der Waals surface area contributed by atoms with Gasteiger partial charge in [-0.25, -0.2) is 0 Å². The van der Waals surface area contributed by atoms with E-state index in [1.807, 2.05) is 18.2 Å². The normalized spacial score (nSPS) is 12.6. The lowest BCUT2D eigenvalue weighted by Gasteiger charge is -2.15. The molecule has 0 heterocycles. The lowest BCUT2D eigenvalue weighted by Crippen LogP contribution is -2.33. The first-order valence-corrected chi connectivity index (χ1v) is 7.35. The predicted molar refractivity (Wildman–Crippen MR) is 76.0 cm³/mol. The second kappa shape index (κ2) is 8.81. The lowest BCUT2D eigenvalue weighted by molar-refractivity contribution is 0.240. The van der Waals surface area contributed by atoms with Gasteiger partial charge in [-0.2, -0.15) is 0 Å². The van der Waals surface area contributed by atoms with E-state index in [1.54, 1.807) is 11.8 Å². The van der Waals surface area contributed by atoms with Crippen molar-refractivity contribution in [3.8, 4) is 0 Å². The minimum Gasteiger partial charge on any atom is -0.395 e. The van der Waals surface area contributed by atoms with E-state index in [1.165, 1.54) is 4.90 Å². The van der Waals surface area contributed by atoms with E-state index in [2.05, 4.69) is 18.3 Å². The molecule has 1 atom stereocenters. The van der Waals surface area contributed by atoms with Crippen molar-refractivity contribution in [3.05, 3.63) is 29.3 Å². The first kappa shape index (κ1) is 14.8. The van der Waals surface area contributed by atoms with Crippen LogP contribution in [0.4, 0.5) is 0 Å². The zero-order chi connectivity index (χ0) is 12.5. The number of aliphatic hydroxyl groups excluding tert-OH is 1. The highest BCUT2D eigenvalue weighted by Crippen LogP contribution is 2.22. The molecular formula is C13H20ClNOS. The smallest absolute Gasteiger partial charge is 0.0584 e. The fourth-order valence-electron chi connectivity index (χ4n) is 1.48. The first-order chi connectivity index (χ1) is 8.26. The van der Waals surface area contributed by atoms with Crippen molar-refractivity contribution in [2.24, 2.45) is 0 Å². The van der Waals surface area contributed by atoms with Crippen molar-refractivity contribution in [1.29, 1.82) is 0 Å². The van der Waals surface area contributed by atoms with Crippen LogP contribution >= 0.6 is 23.4 Å². The highest BCUT2D eigenvalue weighted by atomic mass is 35.5. The summed E-state index contributed by atoms with van der Waals surface area (Å²) in [6.45, 7) is 3.30. The van der Waals surface area contributed by atoms with Crippen LogP contribution in [0, 0.1) is 0 Å². The molecule has 0 aliphatic heterocycles. The molecule has 1 aromatic carbocycles. The van der Waals surface area contributed by atoms with Crippen LogP contribution in [0.25, 0.3) is 0 Å². The SMILES string of the molecule is CCCNC(CO)CCSc1cccc(Cl)c1. The summed E-state index contributed by atoms with van der Waals surface area (Å²) in [5.74, 6) is 0.988. The average Bonchev–Trinajstić information content (AvgIpc) is 2.33. The van der Waals surface area contributed by atoms with Crippen LogP contribution in [0.1, 0.15) is 19.8 Å². The van der Waals surface area contributed by atoms with Gasteiger partial charge in [0, 0.05) is 16.0 Å². The Bertz CT molecular complexity index is 322. The number of hydrogen-bond donors (Lipinski definition) is 2. The fraction of sp³-hybridized carbons (Fsp3) is 0.538. The minimum atomic E-state index is 0.204. The molecule has 0 saturated heterocycles. The second-order valence-corrected chi connectivity index (χ2v) is 5.53. The van der Waals surface area contributed by atoms with Crippen LogP contribution in [-0.4, -0.2) is 30.1 Å². The van der Waals surface area contributed by atoms with Gasteiger partial charge in [0.2, 0.25) is 0 Å². The van der Waals surface area contributed by atoms with E-state index in [4.69, 9.17) is 11.6 Å². The molecule has 96 valence electrons. The zero-order valence-electron chi connectivity index (χ0n) is 10.2. The Balaban J connectivity index is 2.26. The van der Waals surface area contributed by atoms with Gasteiger partial charge in [-0.05, 0) is 43.3 Å². The van der Waals surface area contributed by atoms with Gasteiger partial charge in [0.15, 0.2) is 0 Å². The topological polar surface area (TPSA) is 32.3 Å². The van der Waals surface area contributed by atoms with Gasteiger partial charge in [-0.1, -0.05) is 24.6 Å². The number of thioether (sulfide) groups is 1. The Morgan fingerprint density at radius 2 is 2.29 bits per heavy atom. The fourth-order valence-corrected chi connectivity index (χ4v) is 2.76. The van der Waals surface area contributed by atoms with Gasteiger partial charge in [0.05, 0.1) is 6.61 Å². The summed E-state index contributed by atoms with van der Waals surface area (Å²) in [5, 5.41) is 13.3. The molecule has 0 aromatic heterocycles. The first-order valence-electron chi connectivity index (χ1n) is 5.99. The molecule has 2 N–H and O–H groups in total. The minimum absolute atomic E-state index is 0.204. The summed E-state index contributed by atoms with van der Waals surface area (Å²) >= 11 is 7.69. The molecule has 1 unspecified atom stereocenters. The number of hydrogen-bond acceptors (Lipinski definition) is 3. The monoisotopic (exact) mass is 273 g/mol. The summed E-state index contributed by atoms with van der Waals surface area (Å²) < 4.78 is 0. The molecule has 1 aromatic rings. The Morgan fingerprint density at radius 3 is 2.94 bits per heavy atom. The Kier molecular flexibility index (Phi) is 7.69. The number of aliphatic hydroxyl groups is 1. The van der Waals surface area contributed by atoms with Crippen molar-refractivity contribution in [3.63, 3.8) is 0 Å². The van der Waals surface area contributed by atoms with Gasteiger partial charge in [0.25, 0.3) is 0 Å². The second-order valence-electron chi connectivity index (χ2n) is 3.93. The van der Waals surface area contributed by atoms with E-state index in [0.717, 1.165) is 30.2 Å². The van der Waals surface area contributed by atoms with Crippen molar-refractivity contribution < 1.29 is 5.11 Å². The lowest BCUT2D eigenvalue weighted by atomic mass is 10.2. The van der Waals surface area contributed by atoms with E-state index in [9.17, 15) is 5.11 Å². The molecule has 0 aliphatic rings. The largest absolute Gasteiger partial charge is 0.395 e. The molecule has 2 nitrogen and oxygen atoms in total. The Labute approximate surface area is 113 Å². The standard InChI is InChI=1S/C13H20ClNOS/c1-2-7-15-12(10-16)6-8-17-13-5-3-4-11(14)9-13/h3-5,9,12,15-16H,2,6-8,10H2,1H3. The third kappa shape index (κ3) is 6.32. The summed E-state index contributed by atoms with van der Waals surface area (Å²) in [6.07, 6.45) is 2.06. The number of halogens is 1. The summed E-state index contributed by atoms with van der Waals surface area (Å²) in [4.78, 5) is 1.18. The number of nitrogens with one attached hydrogen (secondary N) is 1. The third-order valence-corrected chi connectivity index (χ3v) is 3.70. The molecule has 0 bridgehead atoms. The molecule has 4 heteroatoms. The van der Waals surface area contributed by atoms with Crippen molar-refractivity contribution in [1.82, 2.24) is 5.32 Å². The van der Waals surface area contributed by atoms with Crippen molar-refractivity contribution in [2.75, 3.05) is 18.9 Å². The third-order valence-electron chi connectivity index (χ3n) is 2.43. The predicted octanol–water partition coefficient (Wildman–Crippen LogP) is 3.18. The maximum atomic E-state index is 9.20. The van der Waals surface area contributed by atoms with E-state index in [0.29, 0.717) is 0 Å². The quantitative estimate of drug-likeness (QED) is 0.714. The molecule has 1 rings (SSSR count). The molecule has 0 radical (unpaired) electrons. The number of benzene rings is 1. The van der Waals surface area contributed by atoms with Gasteiger partial charge >= 0.3 is 0 Å². The van der Waals surface area contributed by atoms with E-state index in [-0.39, 0.29) is 12.6 Å². The maximum absolute atomic E-state index is 9.20.